The van der Waals surface area contributed by atoms with Crippen molar-refractivity contribution < 1.29 is 23.1 Å². The van der Waals surface area contributed by atoms with Crippen LogP contribution in [0.2, 0.25) is 0 Å². The van der Waals surface area contributed by atoms with E-state index in [-0.39, 0.29) is 6.42 Å². The smallest absolute Gasteiger partial charge is 0.326 e. The van der Waals surface area contributed by atoms with Crippen LogP contribution in [0.15, 0.2) is 42.5 Å². The minimum atomic E-state index is -1.64. The van der Waals surface area contributed by atoms with Gasteiger partial charge in [0.25, 0.3) is 0 Å². The lowest BCUT2D eigenvalue weighted by Gasteiger charge is -2.16. The highest BCUT2D eigenvalue weighted by Crippen LogP contribution is 2.21. The van der Waals surface area contributed by atoms with Gasteiger partial charge in [-0.05, 0) is 17.7 Å². The van der Waals surface area contributed by atoms with Crippen LogP contribution in [0.4, 0.5) is 18.9 Å². The van der Waals surface area contributed by atoms with Crippen molar-refractivity contribution in [2.45, 2.75) is 12.5 Å². The van der Waals surface area contributed by atoms with Crippen molar-refractivity contribution >= 4 is 11.7 Å². The third-order valence-electron chi connectivity index (χ3n) is 2.95. The van der Waals surface area contributed by atoms with Gasteiger partial charge in [0.2, 0.25) is 0 Å². The predicted molar refractivity (Wildman–Crippen MR) is 71.5 cm³/mol. The Morgan fingerprint density at radius 3 is 2.33 bits per heavy atom. The second-order valence-corrected chi connectivity index (χ2v) is 4.45. The van der Waals surface area contributed by atoms with Crippen LogP contribution in [-0.4, -0.2) is 17.1 Å². The minimum Gasteiger partial charge on any atom is -0.480 e. The fourth-order valence-corrected chi connectivity index (χ4v) is 1.87. The molecule has 0 amide bonds. The molecule has 0 aliphatic heterocycles. The van der Waals surface area contributed by atoms with E-state index >= 15 is 0 Å². The lowest BCUT2D eigenvalue weighted by atomic mass is 10.1. The average Bonchev–Trinajstić information content (AvgIpc) is 2.48. The van der Waals surface area contributed by atoms with Gasteiger partial charge in [0.05, 0.1) is 5.69 Å². The summed E-state index contributed by atoms with van der Waals surface area (Å²) in [6.07, 6.45) is 0.0780. The monoisotopic (exact) mass is 295 g/mol. The molecule has 3 nitrogen and oxygen atoms in total. The van der Waals surface area contributed by atoms with Crippen LogP contribution in [-0.2, 0) is 11.2 Å². The molecule has 6 heteroatoms. The molecule has 0 aliphatic carbocycles. The highest BCUT2D eigenvalue weighted by Gasteiger charge is 2.21. The normalized spacial score (nSPS) is 12.0. The molecule has 0 fully saturated rings. The fourth-order valence-electron chi connectivity index (χ4n) is 1.87. The Labute approximate surface area is 119 Å². The van der Waals surface area contributed by atoms with Crippen LogP contribution in [0.25, 0.3) is 0 Å². The van der Waals surface area contributed by atoms with E-state index in [1.54, 1.807) is 30.3 Å². The van der Waals surface area contributed by atoms with Gasteiger partial charge < -0.3 is 10.4 Å². The number of carboxylic acid groups (broad SMARTS) is 1. The maximum atomic E-state index is 13.6. The van der Waals surface area contributed by atoms with E-state index in [0.717, 1.165) is 17.7 Å². The van der Waals surface area contributed by atoms with Gasteiger partial charge in [-0.2, -0.15) is 0 Å². The molecule has 0 radical (unpaired) electrons. The second-order valence-electron chi connectivity index (χ2n) is 4.45. The highest BCUT2D eigenvalue weighted by atomic mass is 19.2. The predicted octanol–water partition coefficient (Wildman–Crippen LogP) is 3.21. The molecule has 0 saturated heterocycles. The Kier molecular flexibility index (Phi) is 4.47. The van der Waals surface area contributed by atoms with Gasteiger partial charge in [-0.3, -0.25) is 0 Å². The first-order chi connectivity index (χ1) is 9.99. The fraction of sp³-hybridized carbons (Fsp3) is 0.133. The molecule has 0 aromatic heterocycles. The van der Waals surface area contributed by atoms with Gasteiger partial charge in [-0.1, -0.05) is 30.3 Å². The maximum Gasteiger partial charge on any atom is 0.326 e. The molecule has 2 aromatic rings. The van der Waals surface area contributed by atoms with E-state index in [0.29, 0.717) is 0 Å². The van der Waals surface area contributed by atoms with Crippen LogP contribution in [0, 0.1) is 17.5 Å². The minimum absolute atomic E-state index is 0.0780. The van der Waals surface area contributed by atoms with E-state index in [9.17, 15) is 18.0 Å². The van der Waals surface area contributed by atoms with Crippen LogP contribution >= 0.6 is 0 Å². The number of nitrogens with one attached hydrogen (secondary N) is 1. The first-order valence-electron chi connectivity index (χ1n) is 6.16. The van der Waals surface area contributed by atoms with Crippen LogP contribution in [0.5, 0.6) is 0 Å². The Hall–Kier alpha value is -2.50. The Balaban J connectivity index is 2.21. The largest absolute Gasteiger partial charge is 0.480 e. The molecule has 1 atom stereocenters. The molecule has 21 heavy (non-hydrogen) atoms. The van der Waals surface area contributed by atoms with Gasteiger partial charge in [0.1, 0.15) is 6.04 Å². The summed E-state index contributed by atoms with van der Waals surface area (Å²) in [4.78, 5) is 11.2. The van der Waals surface area contributed by atoms with E-state index in [2.05, 4.69) is 5.32 Å². The van der Waals surface area contributed by atoms with Gasteiger partial charge >= 0.3 is 5.97 Å². The first kappa shape index (κ1) is 14.9. The lowest BCUT2D eigenvalue weighted by molar-refractivity contribution is -0.137. The summed E-state index contributed by atoms with van der Waals surface area (Å²) >= 11 is 0. The van der Waals surface area contributed by atoms with Crippen LogP contribution < -0.4 is 5.32 Å². The number of benzene rings is 2. The summed E-state index contributed by atoms with van der Waals surface area (Å²) < 4.78 is 39.5. The molecule has 2 N–H and O–H groups in total. The zero-order valence-electron chi connectivity index (χ0n) is 10.8. The SMILES string of the molecule is O=C(O)C(Cc1ccccc1)Nc1ccc(F)c(F)c1F. The third kappa shape index (κ3) is 3.53. The van der Waals surface area contributed by atoms with Crippen LogP contribution in [0.3, 0.4) is 0 Å². The average molecular weight is 295 g/mol. The summed E-state index contributed by atoms with van der Waals surface area (Å²) in [6, 6.07) is 9.25. The quantitative estimate of drug-likeness (QED) is 0.833. The Morgan fingerprint density at radius 2 is 1.71 bits per heavy atom. The summed E-state index contributed by atoms with van der Waals surface area (Å²) in [7, 11) is 0. The van der Waals surface area contributed by atoms with Gasteiger partial charge in [0.15, 0.2) is 17.5 Å². The van der Waals surface area contributed by atoms with Crippen molar-refractivity contribution in [1.29, 1.82) is 0 Å². The molecular formula is C15H12F3NO2. The summed E-state index contributed by atoms with van der Waals surface area (Å²) in [5.74, 6) is -5.62. The standard InChI is InChI=1S/C15H12F3NO2/c16-10-6-7-11(14(18)13(10)17)19-12(15(20)21)8-9-4-2-1-3-5-9/h1-7,12,19H,8H2,(H,20,21). The molecule has 2 rings (SSSR count). The van der Waals surface area contributed by atoms with E-state index in [4.69, 9.17) is 5.11 Å². The Bertz CT molecular complexity index is 647. The molecule has 1 unspecified atom stereocenters. The topological polar surface area (TPSA) is 49.3 Å². The number of carbonyl (C=O) groups is 1. The molecule has 0 spiro atoms. The van der Waals surface area contributed by atoms with Crippen molar-refractivity contribution in [3.63, 3.8) is 0 Å². The molecule has 0 heterocycles. The van der Waals surface area contributed by atoms with E-state index in [1.807, 2.05) is 0 Å². The summed E-state index contributed by atoms with van der Waals surface area (Å²) in [6.45, 7) is 0. The van der Waals surface area contributed by atoms with Gasteiger partial charge in [-0.25, -0.2) is 18.0 Å². The van der Waals surface area contributed by atoms with Crippen molar-refractivity contribution in [1.82, 2.24) is 0 Å². The van der Waals surface area contributed by atoms with Gasteiger partial charge in [-0.15, -0.1) is 0 Å². The van der Waals surface area contributed by atoms with Gasteiger partial charge in [0, 0.05) is 6.42 Å². The second kappa shape index (κ2) is 6.30. The van der Waals surface area contributed by atoms with Crippen molar-refractivity contribution in [3.8, 4) is 0 Å². The molecule has 2 aromatic carbocycles. The van der Waals surface area contributed by atoms with Crippen molar-refractivity contribution in [2.75, 3.05) is 5.32 Å². The van der Waals surface area contributed by atoms with E-state index < -0.39 is 35.2 Å². The molecular weight excluding hydrogens is 283 g/mol. The van der Waals surface area contributed by atoms with Crippen molar-refractivity contribution in [2.24, 2.45) is 0 Å². The van der Waals surface area contributed by atoms with Crippen LogP contribution in [0.1, 0.15) is 5.56 Å². The number of anilines is 1. The number of aliphatic carboxylic acids is 1. The van der Waals surface area contributed by atoms with E-state index in [1.165, 1.54) is 0 Å². The first-order valence-corrected chi connectivity index (χ1v) is 6.16. The molecule has 0 saturated carbocycles. The Morgan fingerprint density at radius 1 is 1.05 bits per heavy atom. The number of carboxylic acids is 1. The third-order valence-corrected chi connectivity index (χ3v) is 2.95. The summed E-state index contributed by atoms with van der Waals surface area (Å²) in [5.41, 5.74) is 0.331. The zero-order valence-corrected chi connectivity index (χ0v) is 10.8. The number of halogens is 3. The number of hydrogen-bond donors (Lipinski definition) is 2. The number of rotatable bonds is 5. The molecule has 0 bridgehead atoms. The zero-order chi connectivity index (χ0) is 15.4. The lowest BCUT2D eigenvalue weighted by Crippen LogP contribution is -2.32. The molecule has 0 aliphatic rings. The van der Waals surface area contributed by atoms with Crippen molar-refractivity contribution in [3.05, 3.63) is 65.5 Å². The number of hydrogen-bond acceptors (Lipinski definition) is 2. The summed E-state index contributed by atoms with van der Waals surface area (Å²) in [5, 5.41) is 11.5. The maximum absolute atomic E-state index is 13.6. The highest BCUT2D eigenvalue weighted by molar-refractivity contribution is 5.77. The molecule has 110 valence electrons.